The minimum absolute atomic E-state index is 0.0129. The average Bonchev–Trinajstić information content (AvgIpc) is 2.70. The number of ketones is 1. The number of aromatic nitrogens is 1. The van der Waals surface area contributed by atoms with Gasteiger partial charge in [-0.1, -0.05) is 23.7 Å². The van der Waals surface area contributed by atoms with Crippen LogP contribution >= 0.6 is 23.4 Å². The molecule has 4 rings (SSSR count). The fourth-order valence-corrected chi connectivity index (χ4v) is 5.27. The summed E-state index contributed by atoms with van der Waals surface area (Å²) in [6, 6.07) is 11.4. The SMILES string of the molecule is CSC(=CC(=O)c1cccc(Cl)c1)N1CCCC2(C1)CN(c1ccnc(C)c1)C2. The number of carbonyl (C=O) groups is 1. The number of allylic oxidation sites excluding steroid dienone is 1. The van der Waals surface area contributed by atoms with Crippen molar-refractivity contribution in [3.63, 3.8) is 0 Å². The van der Waals surface area contributed by atoms with Crippen LogP contribution < -0.4 is 4.90 Å². The van der Waals surface area contributed by atoms with Crippen molar-refractivity contribution >= 4 is 34.8 Å². The molecule has 0 unspecified atom stereocenters. The number of benzene rings is 1. The first kappa shape index (κ1) is 20.3. The number of anilines is 1. The molecule has 2 fully saturated rings. The monoisotopic (exact) mass is 427 g/mol. The summed E-state index contributed by atoms with van der Waals surface area (Å²) in [5.41, 5.74) is 3.26. The minimum atomic E-state index is 0.0129. The molecule has 29 heavy (non-hydrogen) atoms. The molecule has 0 aliphatic carbocycles. The lowest BCUT2D eigenvalue weighted by Gasteiger charge is -2.56. The van der Waals surface area contributed by atoms with E-state index >= 15 is 0 Å². The van der Waals surface area contributed by atoms with Gasteiger partial charge in [-0.25, -0.2) is 0 Å². The van der Waals surface area contributed by atoms with Crippen molar-refractivity contribution in [3.05, 3.63) is 70.0 Å². The van der Waals surface area contributed by atoms with Crippen LogP contribution in [0.3, 0.4) is 0 Å². The zero-order valence-electron chi connectivity index (χ0n) is 16.9. The standard InChI is InChI=1S/C23H26ClN3OS/c1-17-11-20(7-9-25-17)27-15-23(16-27)8-4-10-26(14-23)22(29-2)13-21(28)18-5-3-6-19(24)12-18/h3,5-7,9,11-13H,4,8,10,14-16H2,1-2H3. The van der Waals surface area contributed by atoms with Crippen LogP contribution in [0.2, 0.25) is 5.02 Å². The van der Waals surface area contributed by atoms with Crippen molar-refractivity contribution in [3.8, 4) is 0 Å². The normalized spacial score (nSPS) is 18.7. The second-order valence-electron chi connectivity index (χ2n) is 8.10. The molecule has 1 aromatic carbocycles. The van der Waals surface area contributed by atoms with Crippen molar-refractivity contribution in [1.29, 1.82) is 0 Å². The van der Waals surface area contributed by atoms with Crippen LogP contribution in [0.4, 0.5) is 5.69 Å². The second-order valence-corrected chi connectivity index (χ2v) is 9.36. The molecule has 4 nitrogen and oxygen atoms in total. The number of thioether (sulfide) groups is 1. The Morgan fingerprint density at radius 2 is 2.07 bits per heavy atom. The van der Waals surface area contributed by atoms with E-state index in [4.69, 9.17) is 11.6 Å². The highest BCUT2D eigenvalue weighted by Gasteiger charge is 2.46. The topological polar surface area (TPSA) is 36.4 Å². The van der Waals surface area contributed by atoms with Crippen LogP contribution in [-0.2, 0) is 0 Å². The van der Waals surface area contributed by atoms with E-state index in [1.54, 1.807) is 30.0 Å². The average molecular weight is 428 g/mol. The summed E-state index contributed by atoms with van der Waals surface area (Å²) in [6.45, 7) is 6.18. The quantitative estimate of drug-likeness (QED) is 0.494. The Morgan fingerprint density at radius 3 is 2.79 bits per heavy atom. The maximum Gasteiger partial charge on any atom is 0.188 e. The van der Waals surface area contributed by atoms with Gasteiger partial charge in [-0.05, 0) is 50.3 Å². The van der Waals surface area contributed by atoms with Gasteiger partial charge in [-0.15, -0.1) is 11.8 Å². The third kappa shape index (κ3) is 4.46. The fourth-order valence-electron chi connectivity index (χ4n) is 4.44. The zero-order valence-corrected chi connectivity index (χ0v) is 18.5. The molecule has 3 heterocycles. The number of hydrogen-bond donors (Lipinski definition) is 0. The van der Waals surface area contributed by atoms with E-state index in [2.05, 4.69) is 26.9 Å². The highest BCUT2D eigenvalue weighted by molar-refractivity contribution is 8.02. The van der Waals surface area contributed by atoms with Gasteiger partial charge in [0.2, 0.25) is 0 Å². The Bertz CT molecular complexity index is 939. The van der Waals surface area contributed by atoms with Crippen LogP contribution in [0.5, 0.6) is 0 Å². The van der Waals surface area contributed by atoms with Gasteiger partial charge >= 0.3 is 0 Å². The van der Waals surface area contributed by atoms with Crippen molar-refractivity contribution in [2.24, 2.45) is 5.41 Å². The number of halogens is 1. The first-order valence-corrected chi connectivity index (χ1v) is 11.6. The summed E-state index contributed by atoms with van der Waals surface area (Å²) in [5, 5.41) is 1.64. The maximum absolute atomic E-state index is 12.7. The molecule has 0 amide bonds. The predicted molar refractivity (Wildman–Crippen MR) is 122 cm³/mol. The molecule has 2 saturated heterocycles. The van der Waals surface area contributed by atoms with Crippen molar-refractivity contribution < 1.29 is 4.79 Å². The Balaban J connectivity index is 1.45. The molecule has 2 aromatic rings. The minimum Gasteiger partial charge on any atom is -0.370 e. The van der Waals surface area contributed by atoms with Crippen molar-refractivity contribution in [1.82, 2.24) is 9.88 Å². The Morgan fingerprint density at radius 1 is 1.24 bits per heavy atom. The van der Waals surface area contributed by atoms with E-state index < -0.39 is 0 Å². The van der Waals surface area contributed by atoms with Gasteiger partial charge in [-0.2, -0.15) is 0 Å². The van der Waals surface area contributed by atoms with Crippen LogP contribution in [0.1, 0.15) is 28.9 Å². The number of pyridine rings is 1. The molecule has 152 valence electrons. The van der Waals surface area contributed by atoms with Gasteiger partial charge < -0.3 is 9.80 Å². The van der Waals surface area contributed by atoms with E-state index in [0.29, 0.717) is 16.0 Å². The lowest BCUT2D eigenvalue weighted by molar-refractivity contribution is 0.0869. The Labute approximate surface area is 181 Å². The molecular weight excluding hydrogens is 402 g/mol. The number of likely N-dealkylation sites (tertiary alicyclic amines) is 1. The van der Waals surface area contributed by atoms with Crippen LogP contribution in [0, 0.1) is 12.3 Å². The maximum atomic E-state index is 12.7. The third-order valence-corrected chi connectivity index (χ3v) is 6.87. The number of nitrogens with zero attached hydrogens (tertiary/aromatic N) is 3. The zero-order chi connectivity index (χ0) is 20.4. The first-order chi connectivity index (χ1) is 14.0. The molecule has 2 aliphatic rings. The number of aryl methyl sites for hydroxylation is 1. The molecule has 0 radical (unpaired) electrons. The van der Waals surface area contributed by atoms with E-state index in [1.807, 2.05) is 31.5 Å². The van der Waals surface area contributed by atoms with Crippen LogP contribution in [0.25, 0.3) is 0 Å². The number of rotatable bonds is 5. The molecule has 2 aliphatic heterocycles. The van der Waals surface area contributed by atoms with E-state index in [0.717, 1.165) is 43.3 Å². The smallest absolute Gasteiger partial charge is 0.188 e. The molecular formula is C23H26ClN3OS. The lowest BCUT2D eigenvalue weighted by atomic mass is 9.73. The molecule has 6 heteroatoms. The number of hydrogen-bond acceptors (Lipinski definition) is 5. The fraction of sp³-hybridized carbons (Fsp3) is 0.391. The summed E-state index contributed by atoms with van der Waals surface area (Å²) >= 11 is 7.70. The van der Waals surface area contributed by atoms with Crippen LogP contribution in [0.15, 0.2) is 53.7 Å². The van der Waals surface area contributed by atoms with Crippen molar-refractivity contribution in [2.75, 3.05) is 37.3 Å². The third-order valence-electron chi connectivity index (χ3n) is 5.84. The summed E-state index contributed by atoms with van der Waals surface area (Å²) in [5.74, 6) is 0.0129. The van der Waals surface area contributed by atoms with Gasteiger partial charge in [-0.3, -0.25) is 9.78 Å². The Kier molecular flexibility index (Phi) is 5.88. The summed E-state index contributed by atoms with van der Waals surface area (Å²) in [4.78, 5) is 21.9. The molecule has 0 bridgehead atoms. The first-order valence-electron chi connectivity index (χ1n) is 9.96. The molecule has 0 saturated carbocycles. The highest BCUT2D eigenvalue weighted by atomic mass is 35.5. The number of piperidine rings is 1. The molecule has 1 aromatic heterocycles. The largest absolute Gasteiger partial charge is 0.370 e. The summed E-state index contributed by atoms with van der Waals surface area (Å²) in [6.07, 6.45) is 8.11. The summed E-state index contributed by atoms with van der Waals surface area (Å²) < 4.78 is 0. The van der Waals surface area contributed by atoms with Gasteiger partial charge in [0.25, 0.3) is 0 Å². The van der Waals surface area contributed by atoms with E-state index in [1.165, 1.54) is 12.1 Å². The second kappa shape index (κ2) is 8.41. The van der Waals surface area contributed by atoms with Gasteiger partial charge in [0.1, 0.15) is 0 Å². The van der Waals surface area contributed by atoms with Gasteiger partial charge in [0, 0.05) is 65.8 Å². The van der Waals surface area contributed by atoms with Crippen LogP contribution in [-0.4, -0.2) is 48.1 Å². The van der Waals surface area contributed by atoms with Gasteiger partial charge in [0.05, 0.1) is 5.03 Å². The number of carbonyl (C=O) groups excluding carboxylic acids is 1. The van der Waals surface area contributed by atoms with Crippen molar-refractivity contribution in [2.45, 2.75) is 19.8 Å². The Hall–Kier alpha value is -1.98. The highest BCUT2D eigenvalue weighted by Crippen LogP contribution is 2.43. The molecule has 1 spiro atoms. The van der Waals surface area contributed by atoms with E-state index in [-0.39, 0.29) is 5.78 Å². The lowest BCUT2D eigenvalue weighted by Crippen LogP contribution is -2.62. The molecule has 0 atom stereocenters. The predicted octanol–water partition coefficient (Wildman–Crippen LogP) is 5.03. The van der Waals surface area contributed by atoms with Gasteiger partial charge in [0.15, 0.2) is 5.78 Å². The molecule has 0 N–H and O–H groups in total. The summed E-state index contributed by atoms with van der Waals surface area (Å²) in [7, 11) is 0. The van der Waals surface area contributed by atoms with E-state index in [9.17, 15) is 4.79 Å².